The summed E-state index contributed by atoms with van der Waals surface area (Å²) in [4.78, 5) is 0. The van der Waals surface area contributed by atoms with E-state index in [4.69, 9.17) is 4.74 Å². The van der Waals surface area contributed by atoms with Gasteiger partial charge in [-0.2, -0.15) is 0 Å². The Bertz CT molecular complexity index is 633. The summed E-state index contributed by atoms with van der Waals surface area (Å²) >= 11 is 0. The molecule has 0 saturated heterocycles. The van der Waals surface area contributed by atoms with Gasteiger partial charge in [-0.3, -0.25) is 0 Å². The zero-order valence-corrected chi connectivity index (χ0v) is 12.4. The van der Waals surface area contributed by atoms with Crippen LogP contribution in [-0.2, 0) is 18.0 Å². The molecule has 0 fully saturated rings. The van der Waals surface area contributed by atoms with Crippen molar-refractivity contribution >= 4 is 0 Å². The van der Waals surface area contributed by atoms with Gasteiger partial charge in [-0.1, -0.05) is 36.4 Å². The zero-order chi connectivity index (χ0) is 14.1. The van der Waals surface area contributed by atoms with Crippen molar-refractivity contribution in [2.75, 3.05) is 7.05 Å². The third-order valence-corrected chi connectivity index (χ3v) is 4.32. The van der Waals surface area contributed by atoms with Crippen molar-refractivity contribution in [3.63, 3.8) is 0 Å². The molecule has 1 N–H and O–H groups in total. The number of rotatable bonds is 3. The van der Waals surface area contributed by atoms with Crippen molar-refractivity contribution in [3.05, 3.63) is 69.8 Å². The second-order valence-corrected chi connectivity index (χ2v) is 5.53. The molecule has 1 aliphatic heterocycles. The number of nitrogens with one attached hydrogen (secondary N) is 1. The molecule has 1 aliphatic rings. The Kier molecular flexibility index (Phi) is 3.60. The summed E-state index contributed by atoms with van der Waals surface area (Å²) in [6, 6.07) is 13.5. The average Bonchev–Trinajstić information content (AvgIpc) is 2.92. The molecule has 0 saturated carbocycles. The minimum Gasteiger partial charge on any atom is -0.372 e. The van der Waals surface area contributed by atoms with Crippen LogP contribution in [0.25, 0.3) is 0 Å². The lowest BCUT2D eigenvalue weighted by molar-refractivity contribution is 0.134. The van der Waals surface area contributed by atoms with Crippen LogP contribution in [0.2, 0.25) is 0 Å². The second kappa shape index (κ2) is 5.39. The van der Waals surface area contributed by atoms with Crippen LogP contribution in [0.1, 0.15) is 39.4 Å². The third-order valence-electron chi connectivity index (χ3n) is 4.32. The number of hydrogen-bond acceptors (Lipinski definition) is 2. The molecular weight excluding hydrogens is 246 g/mol. The van der Waals surface area contributed by atoms with E-state index >= 15 is 0 Å². The Labute approximate surface area is 120 Å². The molecule has 104 valence electrons. The van der Waals surface area contributed by atoms with Crippen molar-refractivity contribution in [2.24, 2.45) is 0 Å². The van der Waals surface area contributed by atoms with Gasteiger partial charge in [-0.05, 0) is 54.3 Å². The Hall–Kier alpha value is -1.64. The first-order valence-electron chi connectivity index (χ1n) is 7.13. The predicted octanol–water partition coefficient (Wildman–Crippen LogP) is 3.64. The van der Waals surface area contributed by atoms with Crippen LogP contribution in [0, 0.1) is 13.8 Å². The van der Waals surface area contributed by atoms with Gasteiger partial charge in [0.15, 0.2) is 0 Å². The van der Waals surface area contributed by atoms with Gasteiger partial charge in [0.05, 0.1) is 19.3 Å². The maximum atomic E-state index is 5.51. The Morgan fingerprint density at radius 3 is 2.65 bits per heavy atom. The topological polar surface area (TPSA) is 21.3 Å². The lowest BCUT2D eigenvalue weighted by Gasteiger charge is -2.21. The molecule has 1 heterocycles. The van der Waals surface area contributed by atoms with E-state index in [-0.39, 0.29) is 6.04 Å². The van der Waals surface area contributed by atoms with Gasteiger partial charge in [-0.15, -0.1) is 0 Å². The minimum atomic E-state index is 0.237. The van der Waals surface area contributed by atoms with Crippen LogP contribution >= 0.6 is 0 Å². The number of hydrogen-bond donors (Lipinski definition) is 1. The van der Waals surface area contributed by atoms with E-state index in [1.807, 2.05) is 7.05 Å². The van der Waals surface area contributed by atoms with Gasteiger partial charge in [0, 0.05) is 0 Å². The summed E-state index contributed by atoms with van der Waals surface area (Å²) in [6.45, 7) is 5.86. The maximum Gasteiger partial charge on any atom is 0.0725 e. The number of fused-ring (bicyclic) bond motifs is 1. The summed E-state index contributed by atoms with van der Waals surface area (Å²) < 4.78 is 5.51. The fourth-order valence-corrected chi connectivity index (χ4v) is 2.96. The highest BCUT2D eigenvalue weighted by molar-refractivity contribution is 5.43. The lowest BCUT2D eigenvalue weighted by Crippen LogP contribution is -2.19. The van der Waals surface area contributed by atoms with Crippen LogP contribution in [-0.4, -0.2) is 7.05 Å². The van der Waals surface area contributed by atoms with Gasteiger partial charge >= 0.3 is 0 Å². The second-order valence-electron chi connectivity index (χ2n) is 5.53. The molecule has 2 heteroatoms. The first kappa shape index (κ1) is 13.3. The quantitative estimate of drug-likeness (QED) is 0.916. The van der Waals surface area contributed by atoms with Crippen LogP contribution in [0.15, 0.2) is 36.4 Å². The monoisotopic (exact) mass is 267 g/mol. The summed E-state index contributed by atoms with van der Waals surface area (Å²) in [6.07, 6.45) is 0. The molecule has 0 amide bonds. The zero-order valence-electron chi connectivity index (χ0n) is 12.4. The molecule has 2 aromatic rings. The molecule has 0 aliphatic carbocycles. The molecule has 0 aromatic heterocycles. The maximum absolute atomic E-state index is 5.51. The van der Waals surface area contributed by atoms with E-state index < -0.39 is 0 Å². The number of benzene rings is 2. The number of ether oxygens (including phenoxy) is 1. The number of aryl methyl sites for hydroxylation is 1. The lowest BCUT2D eigenvalue weighted by atomic mass is 9.91. The van der Waals surface area contributed by atoms with Crippen LogP contribution in [0.3, 0.4) is 0 Å². The van der Waals surface area contributed by atoms with Crippen LogP contribution in [0.5, 0.6) is 0 Å². The average molecular weight is 267 g/mol. The molecule has 0 bridgehead atoms. The Morgan fingerprint density at radius 1 is 1.05 bits per heavy atom. The first-order chi connectivity index (χ1) is 9.70. The highest BCUT2D eigenvalue weighted by Gasteiger charge is 2.18. The Morgan fingerprint density at radius 2 is 1.85 bits per heavy atom. The fraction of sp³-hybridized carbons (Fsp3) is 0.333. The molecule has 3 rings (SSSR count). The van der Waals surface area contributed by atoms with Gasteiger partial charge in [0.25, 0.3) is 0 Å². The molecule has 0 spiro atoms. The standard InChI is InChI=1S/C18H21NO/c1-12-5-4-6-17(13(12)2)18(19-3)14-7-8-15-10-20-11-16(15)9-14/h4-9,18-19H,10-11H2,1-3H3. The van der Waals surface area contributed by atoms with Crippen molar-refractivity contribution in [2.45, 2.75) is 33.1 Å². The first-order valence-corrected chi connectivity index (χ1v) is 7.13. The highest BCUT2D eigenvalue weighted by atomic mass is 16.5. The Balaban J connectivity index is 2.03. The van der Waals surface area contributed by atoms with Crippen LogP contribution in [0.4, 0.5) is 0 Å². The normalized spacial score (nSPS) is 15.2. The largest absolute Gasteiger partial charge is 0.372 e. The van der Waals surface area contributed by atoms with Crippen LogP contribution < -0.4 is 5.32 Å². The van der Waals surface area contributed by atoms with E-state index in [0.717, 1.165) is 13.2 Å². The van der Waals surface area contributed by atoms with Gasteiger partial charge < -0.3 is 10.1 Å². The molecular formula is C18H21NO. The SMILES string of the molecule is CNC(c1ccc2c(c1)COC2)c1cccc(C)c1C. The summed E-state index contributed by atoms with van der Waals surface area (Å²) in [5, 5.41) is 3.45. The minimum absolute atomic E-state index is 0.237. The van der Waals surface area contributed by atoms with Crippen molar-refractivity contribution in [1.29, 1.82) is 0 Å². The fourth-order valence-electron chi connectivity index (χ4n) is 2.96. The molecule has 2 nitrogen and oxygen atoms in total. The van der Waals surface area contributed by atoms with Gasteiger partial charge in [0.2, 0.25) is 0 Å². The highest BCUT2D eigenvalue weighted by Crippen LogP contribution is 2.29. The van der Waals surface area contributed by atoms with Crippen molar-refractivity contribution in [3.8, 4) is 0 Å². The molecule has 0 radical (unpaired) electrons. The molecule has 1 unspecified atom stereocenters. The van der Waals surface area contributed by atoms with E-state index in [0.29, 0.717) is 0 Å². The van der Waals surface area contributed by atoms with Crippen molar-refractivity contribution < 1.29 is 4.74 Å². The van der Waals surface area contributed by atoms with E-state index in [9.17, 15) is 0 Å². The molecule has 1 atom stereocenters. The van der Waals surface area contributed by atoms with Crippen molar-refractivity contribution in [1.82, 2.24) is 5.32 Å². The summed E-state index contributed by atoms with van der Waals surface area (Å²) in [5.74, 6) is 0. The van der Waals surface area contributed by atoms with E-state index in [2.05, 4.69) is 55.6 Å². The van der Waals surface area contributed by atoms with Gasteiger partial charge in [0.1, 0.15) is 0 Å². The smallest absolute Gasteiger partial charge is 0.0725 e. The van der Waals surface area contributed by atoms with E-state index in [1.54, 1.807) is 0 Å². The van der Waals surface area contributed by atoms with Gasteiger partial charge in [-0.25, -0.2) is 0 Å². The van der Waals surface area contributed by atoms with E-state index in [1.165, 1.54) is 33.4 Å². The summed E-state index contributed by atoms with van der Waals surface area (Å²) in [5.41, 5.74) is 8.02. The predicted molar refractivity (Wildman–Crippen MR) is 81.8 cm³/mol. The molecule has 2 aromatic carbocycles. The molecule has 20 heavy (non-hydrogen) atoms. The third kappa shape index (κ3) is 2.26. The summed E-state index contributed by atoms with van der Waals surface area (Å²) in [7, 11) is 2.02.